The van der Waals surface area contributed by atoms with Crippen molar-refractivity contribution in [2.24, 2.45) is 0 Å². The van der Waals surface area contributed by atoms with Crippen LogP contribution in [0.15, 0.2) is 0 Å². The molecule has 0 aromatic heterocycles. The van der Waals surface area contributed by atoms with Crippen LogP contribution < -0.4 is 0 Å². The molecular formula is C14H26F6N2O4S2. The number of unbranched alkanes of at least 4 members (excludes halogenated alkanes) is 2. The molecule has 0 radical (unpaired) electrons. The first-order valence-electron chi connectivity index (χ1n) is 8.75. The van der Waals surface area contributed by atoms with Crippen LogP contribution in [0.1, 0.15) is 52.4 Å². The van der Waals surface area contributed by atoms with Crippen LogP contribution in [0.25, 0.3) is 4.13 Å². The molecule has 0 bridgehead atoms. The average molecular weight is 464 g/mol. The predicted molar refractivity (Wildman–Crippen MR) is 92.1 cm³/mol. The summed E-state index contributed by atoms with van der Waals surface area (Å²) in [5, 5.41) is 0. The van der Waals surface area contributed by atoms with Gasteiger partial charge in [-0.2, -0.15) is 26.3 Å². The summed E-state index contributed by atoms with van der Waals surface area (Å²) in [5.74, 6) is 0. The van der Waals surface area contributed by atoms with E-state index in [2.05, 4.69) is 13.8 Å². The third-order valence-electron chi connectivity index (χ3n) is 4.45. The molecule has 0 amide bonds. The molecule has 0 N–H and O–H groups in total. The topological polar surface area (TPSA) is 82.4 Å². The van der Waals surface area contributed by atoms with Gasteiger partial charge in [-0.3, -0.25) is 0 Å². The number of nitrogens with zero attached hydrogens (tertiary/aromatic N) is 2. The van der Waals surface area contributed by atoms with Crippen LogP contribution in [-0.2, 0) is 20.0 Å². The van der Waals surface area contributed by atoms with E-state index in [0.29, 0.717) is 0 Å². The van der Waals surface area contributed by atoms with Crippen molar-refractivity contribution < 1.29 is 47.7 Å². The Hall–Kier alpha value is -0.600. The van der Waals surface area contributed by atoms with Crippen LogP contribution in [0.2, 0.25) is 0 Å². The van der Waals surface area contributed by atoms with Gasteiger partial charge in [0.05, 0.1) is 26.2 Å². The fourth-order valence-electron chi connectivity index (χ4n) is 2.79. The molecule has 1 heterocycles. The van der Waals surface area contributed by atoms with Crippen molar-refractivity contribution in [3.05, 3.63) is 4.13 Å². The average Bonchev–Trinajstić information content (AvgIpc) is 2.53. The fraction of sp³-hybridized carbons (Fsp3) is 1.00. The maximum absolute atomic E-state index is 11.4. The molecule has 14 heteroatoms. The summed E-state index contributed by atoms with van der Waals surface area (Å²) >= 11 is 0. The second-order valence-corrected chi connectivity index (χ2v) is 9.93. The summed E-state index contributed by atoms with van der Waals surface area (Å²) in [5.41, 5.74) is -12.4. The number of quaternary nitrogens is 1. The first-order chi connectivity index (χ1) is 12.5. The Labute approximate surface area is 162 Å². The molecule has 28 heavy (non-hydrogen) atoms. The van der Waals surface area contributed by atoms with E-state index in [-0.39, 0.29) is 0 Å². The van der Waals surface area contributed by atoms with Crippen molar-refractivity contribution in [1.82, 2.24) is 0 Å². The highest BCUT2D eigenvalue weighted by Gasteiger charge is 2.46. The van der Waals surface area contributed by atoms with Gasteiger partial charge in [-0.25, -0.2) is 16.8 Å². The Kier molecular flexibility index (Phi) is 10.2. The molecule has 0 aromatic carbocycles. The van der Waals surface area contributed by atoms with Crippen molar-refractivity contribution in [2.45, 2.75) is 63.4 Å². The Balaban J connectivity index is 0.000000525. The number of hydrogen-bond acceptors (Lipinski definition) is 4. The summed E-state index contributed by atoms with van der Waals surface area (Å²) in [6.45, 7) is 10.4. The van der Waals surface area contributed by atoms with Crippen LogP contribution in [0.4, 0.5) is 26.3 Å². The summed E-state index contributed by atoms with van der Waals surface area (Å²) in [6.07, 6.45) is 8.67. The standard InChI is InChI=1S/C12H26N.C2F6NO4S2/c1-3-5-7-10-13(4-2)11-8-6-9-12-13;3-1(4,5)14(10,11)9-15(12,13)2(6,7)8/h3-12H2,1-2H3;/q+1;-1. The molecular weight excluding hydrogens is 438 g/mol. The lowest BCUT2D eigenvalue weighted by Crippen LogP contribution is -2.51. The number of sulfonamides is 2. The van der Waals surface area contributed by atoms with E-state index in [9.17, 15) is 43.2 Å². The normalized spacial score (nSPS) is 18.3. The van der Waals surface area contributed by atoms with Gasteiger partial charge in [-0.05, 0) is 39.0 Å². The van der Waals surface area contributed by atoms with Crippen LogP contribution in [-0.4, -0.2) is 58.5 Å². The monoisotopic (exact) mass is 464 g/mol. The lowest BCUT2D eigenvalue weighted by atomic mass is 10.1. The van der Waals surface area contributed by atoms with Gasteiger partial charge in [0.2, 0.25) is 0 Å². The van der Waals surface area contributed by atoms with Crippen molar-refractivity contribution in [3.8, 4) is 0 Å². The van der Waals surface area contributed by atoms with Gasteiger partial charge in [0.25, 0.3) is 0 Å². The van der Waals surface area contributed by atoms with Gasteiger partial charge in [-0.1, -0.05) is 13.3 Å². The number of likely N-dealkylation sites (tertiary alicyclic amines) is 1. The van der Waals surface area contributed by atoms with Gasteiger partial charge in [0.1, 0.15) is 0 Å². The third kappa shape index (κ3) is 8.41. The number of halogens is 6. The minimum atomic E-state index is -6.72. The number of rotatable bonds is 7. The molecule has 1 fully saturated rings. The van der Waals surface area contributed by atoms with Crippen molar-refractivity contribution in [1.29, 1.82) is 0 Å². The smallest absolute Gasteiger partial charge is 0.421 e. The van der Waals surface area contributed by atoms with Crippen LogP contribution in [0, 0.1) is 0 Å². The minimum absolute atomic E-state index is 0.778. The zero-order valence-corrected chi connectivity index (χ0v) is 17.3. The lowest BCUT2D eigenvalue weighted by Gasteiger charge is -2.41. The number of hydrogen-bond donors (Lipinski definition) is 0. The van der Waals surface area contributed by atoms with Crippen molar-refractivity contribution >= 4 is 20.0 Å². The van der Waals surface area contributed by atoms with Gasteiger partial charge in [-0.15, -0.1) is 0 Å². The maximum Gasteiger partial charge on any atom is 0.480 e. The molecule has 0 spiro atoms. The first-order valence-corrected chi connectivity index (χ1v) is 11.6. The van der Waals surface area contributed by atoms with Crippen LogP contribution >= 0.6 is 0 Å². The summed E-state index contributed by atoms with van der Waals surface area (Å²) < 4.78 is 111. The molecule has 1 rings (SSSR count). The van der Waals surface area contributed by atoms with E-state index in [1.165, 1.54) is 69.2 Å². The molecule has 6 nitrogen and oxygen atoms in total. The molecule has 0 unspecified atom stereocenters. The minimum Gasteiger partial charge on any atom is -0.421 e. The van der Waals surface area contributed by atoms with E-state index in [1.807, 2.05) is 0 Å². The van der Waals surface area contributed by atoms with Gasteiger partial charge in [0.15, 0.2) is 20.0 Å². The largest absolute Gasteiger partial charge is 0.480 e. The van der Waals surface area contributed by atoms with Crippen molar-refractivity contribution in [2.75, 3.05) is 26.2 Å². The Morgan fingerprint density at radius 3 is 1.54 bits per heavy atom. The number of piperidine rings is 1. The van der Waals surface area contributed by atoms with Gasteiger partial charge < -0.3 is 8.61 Å². The zero-order chi connectivity index (χ0) is 22.3. The van der Waals surface area contributed by atoms with Crippen molar-refractivity contribution in [3.63, 3.8) is 0 Å². The number of alkyl halides is 6. The highest BCUT2D eigenvalue weighted by atomic mass is 32.3. The Morgan fingerprint density at radius 2 is 1.21 bits per heavy atom. The summed E-state index contributed by atoms with van der Waals surface area (Å²) in [6, 6.07) is 0. The molecule has 1 saturated heterocycles. The van der Waals surface area contributed by atoms with Crippen LogP contribution in [0.5, 0.6) is 0 Å². The van der Waals surface area contributed by atoms with E-state index >= 15 is 0 Å². The zero-order valence-electron chi connectivity index (χ0n) is 15.7. The fourth-order valence-corrected chi connectivity index (χ4v) is 4.50. The highest BCUT2D eigenvalue weighted by molar-refractivity contribution is 8.13. The molecule has 170 valence electrons. The van der Waals surface area contributed by atoms with Crippen LogP contribution in [0.3, 0.4) is 0 Å². The van der Waals surface area contributed by atoms with Gasteiger partial charge >= 0.3 is 11.0 Å². The van der Waals surface area contributed by atoms with Gasteiger partial charge in [0, 0.05) is 0 Å². The van der Waals surface area contributed by atoms with E-state index in [4.69, 9.17) is 0 Å². The maximum atomic E-state index is 11.4. The predicted octanol–water partition coefficient (Wildman–Crippen LogP) is 4.26. The molecule has 1 aliphatic heterocycles. The Morgan fingerprint density at radius 1 is 0.786 bits per heavy atom. The summed E-state index contributed by atoms with van der Waals surface area (Å²) in [4.78, 5) is 0. The molecule has 0 saturated carbocycles. The van der Waals surface area contributed by atoms with E-state index in [1.54, 1.807) is 0 Å². The molecule has 0 aromatic rings. The second-order valence-electron chi connectivity index (χ2n) is 6.51. The quantitative estimate of drug-likeness (QED) is 0.320. The molecule has 0 aliphatic carbocycles. The molecule has 0 atom stereocenters. The lowest BCUT2D eigenvalue weighted by molar-refractivity contribution is -0.931. The summed E-state index contributed by atoms with van der Waals surface area (Å²) in [7, 11) is -13.4. The first kappa shape index (κ1) is 27.4. The third-order valence-corrected chi connectivity index (χ3v) is 7.19. The highest BCUT2D eigenvalue weighted by Crippen LogP contribution is 2.36. The molecule has 1 aliphatic rings. The second kappa shape index (κ2) is 10.4. The van der Waals surface area contributed by atoms with E-state index in [0.717, 1.165) is 4.13 Å². The SMILES string of the molecule is CCCCC[N+]1(CC)CCCCC1.O=S(=O)([N-]S(=O)(=O)C(F)(F)F)C(F)(F)F. The Bertz CT molecular complexity index is 627. The van der Waals surface area contributed by atoms with E-state index < -0.39 is 31.1 Å².